The van der Waals surface area contributed by atoms with E-state index in [1.807, 2.05) is 36.6 Å². The van der Waals surface area contributed by atoms with E-state index in [1.165, 1.54) is 11.3 Å². The van der Waals surface area contributed by atoms with Gasteiger partial charge in [-0.2, -0.15) is 0 Å². The second-order valence-corrected chi connectivity index (χ2v) is 7.43. The molecule has 0 amide bonds. The molecular weight excluding hydrogens is 350 g/mol. The molecule has 3 aromatic heterocycles. The van der Waals surface area contributed by atoms with Crippen molar-refractivity contribution in [1.29, 1.82) is 0 Å². The van der Waals surface area contributed by atoms with Gasteiger partial charge in [0.05, 0.1) is 4.53 Å². The summed E-state index contributed by atoms with van der Waals surface area (Å²) in [6.07, 6.45) is 1.92. The molecule has 4 nitrogen and oxygen atoms in total. The maximum atomic E-state index is 12.7. The highest BCUT2D eigenvalue weighted by atomic mass is 35.5. The van der Waals surface area contributed by atoms with E-state index < -0.39 is 0 Å². The third-order valence-corrected chi connectivity index (χ3v) is 5.69. The van der Waals surface area contributed by atoms with E-state index in [2.05, 4.69) is 10.2 Å². The quantitative estimate of drug-likeness (QED) is 0.551. The summed E-state index contributed by atoms with van der Waals surface area (Å²) >= 11 is 8.89. The molecule has 0 aliphatic rings. The molecule has 1 aromatic carbocycles. The lowest BCUT2D eigenvalue weighted by Crippen LogP contribution is -2.23. The van der Waals surface area contributed by atoms with Crippen LogP contribution in [0.4, 0.5) is 0 Å². The van der Waals surface area contributed by atoms with E-state index in [0.717, 1.165) is 16.0 Å². The molecule has 3 heterocycles. The Hall–Kier alpha value is -2.02. The van der Waals surface area contributed by atoms with Gasteiger partial charge in [-0.25, -0.2) is 4.40 Å². The van der Waals surface area contributed by atoms with Crippen molar-refractivity contribution >= 4 is 45.3 Å². The van der Waals surface area contributed by atoms with Crippen LogP contribution in [0.3, 0.4) is 0 Å². The first kappa shape index (κ1) is 14.6. The lowest BCUT2D eigenvalue weighted by Gasteiger charge is -1.96. The molecule has 0 spiro atoms. The number of aryl methyl sites for hydroxylation is 1. The highest BCUT2D eigenvalue weighted by molar-refractivity contribution is 7.15. The number of benzene rings is 1. The number of halogens is 1. The monoisotopic (exact) mass is 359 g/mol. The van der Waals surface area contributed by atoms with Crippen LogP contribution < -0.4 is 10.1 Å². The third kappa shape index (κ3) is 2.49. The molecule has 0 N–H and O–H groups in total. The van der Waals surface area contributed by atoms with Gasteiger partial charge in [0.1, 0.15) is 0 Å². The van der Waals surface area contributed by atoms with Crippen LogP contribution in [0.25, 0.3) is 22.4 Å². The highest BCUT2D eigenvalue weighted by Crippen LogP contribution is 2.20. The third-order valence-electron chi connectivity index (χ3n) is 3.51. The first-order valence-electron chi connectivity index (χ1n) is 6.83. The second-order valence-electron chi connectivity index (χ2n) is 5.03. The Morgan fingerprint density at radius 1 is 1.17 bits per heavy atom. The average Bonchev–Trinajstić information content (AvgIpc) is 3.20. The Bertz CT molecular complexity index is 1110. The molecule has 0 aliphatic heterocycles. The fourth-order valence-electron chi connectivity index (χ4n) is 2.30. The molecule has 0 aliphatic carbocycles. The Morgan fingerprint density at radius 3 is 2.65 bits per heavy atom. The van der Waals surface area contributed by atoms with Crippen molar-refractivity contribution in [2.45, 2.75) is 6.92 Å². The molecule has 0 radical (unpaired) electrons. The lowest BCUT2D eigenvalue weighted by molar-refractivity contribution is 1.09. The zero-order chi connectivity index (χ0) is 16.0. The number of hydrogen-bond donors (Lipinski definition) is 0. The minimum atomic E-state index is -0.0900. The van der Waals surface area contributed by atoms with Crippen LogP contribution in [0.2, 0.25) is 5.02 Å². The zero-order valence-electron chi connectivity index (χ0n) is 12.0. The van der Waals surface area contributed by atoms with Crippen molar-refractivity contribution in [1.82, 2.24) is 14.6 Å². The van der Waals surface area contributed by atoms with Gasteiger partial charge in [0.25, 0.3) is 5.56 Å². The maximum Gasteiger partial charge on any atom is 0.276 e. The maximum absolute atomic E-state index is 12.7. The first-order valence-corrected chi connectivity index (χ1v) is 8.90. The standard InChI is InChI=1S/C16H10ClN3OS2/c1-9-6-7-22-12(9)8-13-15(21)20-14(18-19-16(20)23-13)10-2-4-11(17)5-3-10/h2-8H,1H3/b13-8-. The summed E-state index contributed by atoms with van der Waals surface area (Å²) in [6.45, 7) is 2.03. The van der Waals surface area contributed by atoms with Crippen LogP contribution >= 0.6 is 34.3 Å². The predicted molar refractivity (Wildman–Crippen MR) is 95.4 cm³/mol. The second kappa shape index (κ2) is 5.56. The van der Waals surface area contributed by atoms with Gasteiger partial charge in [0.2, 0.25) is 4.96 Å². The largest absolute Gasteiger partial charge is 0.276 e. The summed E-state index contributed by atoms with van der Waals surface area (Å²) in [5, 5.41) is 10.9. The molecule has 0 fully saturated rings. The minimum Gasteiger partial charge on any atom is -0.267 e. The number of fused-ring (bicyclic) bond motifs is 1. The van der Waals surface area contributed by atoms with E-state index in [-0.39, 0.29) is 5.56 Å². The predicted octanol–water partition coefficient (Wildman–Crippen LogP) is 3.39. The molecule has 114 valence electrons. The first-order chi connectivity index (χ1) is 11.1. The van der Waals surface area contributed by atoms with E-state index in [0.29, 0.717) is 20.3 Å². The normalized spacial score (nSPS) is 12.3. The summed E-state index contributed by atoms with van der Waals surface area (Å²) in [5.74, 6) is 0.542. The van der Waals surface area contributed by atoms with Gasteiger partial charge >= 0.3 is 0 Å². The molecule has 23 heavy (non-hydrogen) atoms. The van der Waals surface area contributed by atoms with Crippen molar-refractivity contribution in [3.8, 4) is 11.4 Å². The number of rotatable bonds is 2. The van der Waals surface area contributed by atoms with Crippen molar-refractivity contribution in [2.75, 3.05) is 0 Å². The molecule has 0 saturated carbocycles. The summed E-state index contributed by atoms with van der Waals surface area (Å²) in [7, 11) is 0. The zero-order valence-corrected chi connectivity index (χ0v) is 14.4. The van der Waals surface area contributed by atoms with E-state index in [4.69, 9.17) is 11.6 Å². The minimum absolute atomic E-state index is 0.0900. The van der Waals surface area contributed by atoms with Gasteiger partial charge in [-0.1, -0.05) is 22.9 Å². The van der Waals surface area contributed by atoms with Crippen molar-refractivity contribution < 1.29 is 0 Å². The molecule has 0 unspecified atom stereocenters. The van der Waals surface area contributed by atoms with Crippen LogP contribution in [0.1, 0.15) is 10.4 Å². The summed E-state index contributed by atoms with van der Waals surface area (Å²) in [6, 6.07) is 9.26. The Labute approximate surface area is 144 Å². The number of nitrogens with zero attached hydrogens (tertiary/aromatic N) is 3. The van der Waals surface area contributed by atoms with Gasteiger partial charge in [-0.05, 0) is 54.3 Å². The van der Waals surface area contributed by atoms with Gasteiger partial charge < -0.3 is 0 Å². The fraction of sp³-hybridized carbons (Fsp3) is 0.0625. The van der Waals surface area contributed by atoms with Crippen LogP contribution in [-0.2, 0) is 0 Å². The molecule has 4 aromatic rings. The van der Waals surface area contributed by atoms with Crippen LogP contribution in [0.5, 0.6) is 0 Å². The highest BCUT2D eigenvalue weighted by Gasteiger charge is 2.14. The van der Waals surface area contributed by atoms with Gasteiger partial charge in [-0.3, -0.25) is 4.79 Å². The van der Waals surface area contributed by atoms with Crippen molar-refractivity contribution in [2.24, 2.45) is 0 Å². The van der Waals surface area contributed by atoms with Crippen LogP contribution in [-0.4, -0.2) is 14.6 Å². The fourth-order valence-corrected chi connectivity index (χ4v) is 4.25. The van der Waals surface area contributed by atoms with E-state index in [1.54, 1.807) is 27.9 Å². The van der Waals surface area contributed by atoms with Crippen molar-refractivity contribution in [3.63, 3.8) is 0 Å². The van der Waals surface area contributed by atoms with E-state index in [9.17, 15) is 4.79 Å². The Morgan fingerprint density at radius 2 is 1.96 bits per heavy atom. The molecular formula is C16H10ClN3OS2. The van der Waals surface area contributed by atoms with Crippen LogP contribution in [0.15, 0.2) is 40.5 Å². The van der Waals surface area contributed by atoms with Crippen molar-refractivity contribution in [3.05, 3.63) is 66.1 Å². The summed E-state index contributed by atoms with van der Waals surface area (Å²) < 4.78 is 2.22. The van der Waals surface area contributed by atoms with Gasteiger partial charge in [-0.15, -0.1) is 21.5 Å². The Kier molecular flexibility index (Phi) is 3.52. The van der Waals surface area contributed by atoms with E-state index >= 15 is 0 Å². The Balaban J connectivity index is 1.94. The molecule has 0 bridgehead atoms. The topological polar surface area (TPSA) is 47.3 Å². The van der Waals surface area contributed by atoms with Gasteiger partial charge in [0, 0.05) is 15.5 Å². The average molecular weight is 360 g/mol. The molecule has 4 rings (SSSR count). The number of hydrogen-bond acceptors (Lipinski definition) is 5. The van der Waals surface area contributed by atoms with Gasteiger partial charge in [0.15, 0.2) is 5.82 Å². The number of thiazole rings is 1. The summed E-state index contributed by atoms with van der Waals surface area (Å²) in [4.78, 5) is 14.4. The molecule has 7 heteroatoms. The lowest BCUT2D eigenvalue weighted by atomic mass is 10.2. The summed E-state index contributed by atoms with van der Waals surface area (Å²) in [5.41, 5.74) is 1.89. The van der Waals surface area contributed by atoms with Crippen LogP contribution in [0, 0.1) is 6.92 Å². The smallest absolute Gasteiger partial charge is 0.267 e. The molecule has 0 atom stereocenters. The number of aromatic nitrogens is 3. The molecule has 0 saturated heterocycles. The number of thiophene rings is 1. The SMILES string of the molecule is Cc1ccsc1/C=c1\sc2nnc(-c3ccc(Cl)cc3)n2c1=O.